The minimum absolute atomic E-state index is 0.164. The summed E-state index contributed by atoms with van der Waals surface area (Å²) < 4.78 is 0. The van der Waals surface area contributed by atoms with Gasteiger partial charge < -0.3 is 10.6 Å². The molecule has 120 valence electrons. The highest BCUT2D eigenvalue weighted by Crippen LogP contribution is 2.25. The molecule has 0 unspecified atom stereocenters. The molecule has 1 aromatic heterocycles. The number of benzene rings is 1. The molecule has 0 radical (unpaired) electrons. The quantitative estimate of drug-likeness (QED) is 0.836. The molecular weight excluding hydrogens is 357 g/mol. The molecule has 0 aliphatic rings. The number of hydrogen-bond donors (Lipinski definition) is 2. The van der Waals surface area contributed by atoms with Crippen LogP contribution in [0.4, 0.5) is 11.5 Å². The summed E-state index contributed by atoms with van der Waals surface area (Å²) in [5.41, 5.74) is 0.668. The third-order valence-electron chi connectivity index (χ3n) is 2.75. The van der Waals surface area contributed by atoms with Crippen LogP contribution in [-0.2, 0) is 4.79 Å². The topological polar surface area (TPSA) is 71.1 Å². The standard InChI is InChI=1S/C15H13Cl2N3O2S/c1-23-8-13(21)20-12-7-9(5-6-18-12)19-15(22)14-10(16)3-2-4-11(14)17/h2-7H,8H2,1H3,(H2,18,19,20,21,22). The molecule has 0 spiro atoms. The Labute approximate surface area is 147 Å². The summed E-state index contributed by atoms with van der Waals surface area (Å²) in [6.45, 7) is 0. The van der Waals surface area contributed by atoms with Gasteiger partial charge in [0.1, 0.15) is 5.82 Å². The number of pyridine rings is 1. The lowest BCUT2D eigenvalue weighted by Gasteiger charge is -2.09. The maximum Gasteiger partial charge on any atom is 0.258 e. The molecule has 0 aliphatic heterocycles. The van der Waals surface area contributed by atoms with E-state index in [-0.39, 0.29) is 21.5 Å². The van der Waals surface area contributed by atoms with Crippen molar-refractivity contribution in [3.05, 3.63) is 52.1 Å². The molecule has 2 N–H and O–H groups in total. The fourth-order valence-corrected chi connectivity index (χ4v) is 2.70. The van der Waals surface area contributed by atoms with E-state index in [1.165, 1.54) is 18.0 Å². The van der Waals surface area contributed by atoms with Gasteiger partial charge in [-0.1, -0.05) is 29.3 Å². The number of amides is 2. The Kier molecular flexibility index (Phi) is 6.27. The number of hydrogen-bond acceptors (Lipinski definition) is 4. The minimum atomic E-state index is -0.437. The number of nitrogens with one attached hydrogen (secondary N) is 2. The molecule has 2 aromatic rings. The number of rotatable bonds is 5. The van der Waals surface area contributed by atoms with Gasteiger partial charge in [0.15, 0.2) is 0 Å². The van der Waals surface area contributed by atoms with E-state index in [1.54, 1.807) is 30.3 Å². The molecule has 8 heteroatoms. The summed E-state index contributed by atoms with van der Waals surface area (Å²) in [5.74, 6) is 0.0796. The Balaban J connectivity index is 2.14. The molecule has 5 nitrogen and oxygen atoms in total. The highest BCUT2D eigenvalue weighted by atomic mass is 35.5. The summed E-state index contributed by atoms with van der Waals surface area (Å²) in [6, 6.07) is 7.99. The van der Waals surface area contributed by atoms with Crippen molar-refractivity contribution in [3.8, 4) is 0 Å². The Morgan fingerprint density at radius 1 is 1.17 bits per heavy atom. The van der Waals surface area contributed by atoms with Gasteiger partial charge in [-0.15, -0.1) is 0 Å². The molecule has 0 bridgehead atoms. The summed E-state index contributed by atoms with van der Waals surface area (Å²) in [4.78, 5) is 27.9. The van der Waals surface area contributed by atoms with E-state index in [0.29, 0.717) is 17.3 Å². The molecule has 1 aromatic carbocycles. The molecule has 2 rings (SSSR count). The van der Waals surface area contributed by atoms with Gasteiger partial charge in [0.2, 0.25) is 5.91 Å². The molecule has 23 heavy (non-hydrogen) atoms. The fourth-order valence-electron chi connectivity index (χ4n) is 1.80. The zero-order valence-corrected chi connectivity index (χ0v) is 14.4. The number of thioether (sulfide) groups is 1. The lowest BCUT2D eigenvalue weighted by atomic mass is 10.2. The summed E-state index contributed by atoms with van der Waals surface area (Å²) in [7, 11) is 0. The Hall–Kier alpha value is -1.76. The second-order valence-corrected chi connectivity index (χ2v) is 6.14. The second-order valence-electron chi connectivity index (χ2n) is 4.46. The molecule has 0 atom stereocenters. The van der Waals surface area contributed by atoms with Crippen molar-refractivity contribution in [2.45, 2.75) is 0 Å². The van der Waals surface area contributed by atoms with Crippen molar-refractivity contribution in [2.75, 3.05) is 22.6 Å². The number of aromatic nitrogens is 1. The van der Waals surface area contributed by atoms with Gasteiger partial charge in [-0.2, -0.15) is 11.8 Å². The maximum atomic E-state index is 12.3. The lowest BCUT2D eigenvalue weighted by molar-refractivity contribution is -0.113. The van der Waals surface area contributed by atoms with Crippen molar-refractivity contribution in [2.24, 2.45) is 0 Å². The van der Waals surface area contributed by atoms with Gasteiger partial charge in [0, 0.05) is 18.0 Å². The average Bonchev–Trinajstić information content (AvgIpc) is 2.47. The van der Waals surface area contributed by atoms with E-state index in [4.69, 9.17) is 23.2 Å². The monoisotopic (exact) mass is 369 g/mol. The van der Waals surface area contributed by atoms with E-state index >= 15 is 0 Å². The molecule has 0 saturated heterocycles. The zero-order valence-electron chi connectivity index (χ0n) is 12.1. The molecule has 0 saturated carbocycles. The van der Waals surface area contributed by atoms with Crippen molar-refractivity contribution in [1.82, 2.24) is 4.98 Å². The smallest absolute Gasteiger partial charge is 0.258 e. The number of carbonyl (C=O) groups excluding carboxylic acids is 2. The Morgan fingerprint density at radius 2 is 1.87 bits per heavy atom. The highest BCUT2D eigenvalue weighted by Gasteiger charge is 2.15. The van der Waals surface area contributed by atoms with Crippen LogP contribution in [0.3, 0.4) is 0 Å². The highest BCUT2D eigenvalue weighted by molar-refractivity contribution is 7.99. The molecule has 1 heterocycles. The first kappa shape index (κ1) is 17.6. The number of halogens is 2. The molecule has 2 amide bonds. The normalized spacial score (nSPS) is 10.2. The number of nitrogens with zero attached hydrogens (tertiary/aromatic N) is 1. The van der Waals surface area contributed by atoms with Crippen LogP contribution in [0.1, 0.15) is 10.4 Å². The van der Waals surface area contributed by atoms with Crippen LogP contribution in [-0.4, -0.2) is 28.8 Å². The van der Waals surface area contributed by atoms with Gasteiger partial charge in [-0.05, 0) is 24.5 Å². The first-order valence-electron chi connectivity index (χ1n) is 6.51. The second kappa shape index (κ2) is 8.19. The van der Waals surface area contributed by atoms with Crippen LogP contribution >= 0.6 is 35.0 Å². The van der Waals surface area contributed by atoms with Crippen molar-refractivity contribution in [3.63, 3.8) is 0 Å². The molecular formula is C15H13Cl2N3O2S. The molecule has 0 aliphatic carbocycles. The predicted molar refractivity (Wildman–Crippen MR) is 95.7 cm³/mol. The average molecular weight is 370 g/mol. The minimum Gasteiger partial charge on any atom is -0.322 e. The van der Waals surface area contributed by atoms with Crippen LogP contribution in [0.15, 0.2) is 36.5 Å². The Morgan fingerprint density at radius 3 is 2.52 bits per heavy atom. The first-order valence-corrected chi connectivity index (χ1v) is 8.66. The van der Waals surface area contributed by atoms with Crippen LogP contribution in [0, 0.1) is 0 Å². The maximum absolute atomic E-state index is 12.3. The SMILES string of the molecule is CSCC(=O)Nc1cc(NC(=O)c2c(Cl)cccc2Cl)ccn1. The summed E-state index contributed by atoms with van der Waals surface area (Å²) in [6.07, 6.45) is 3.31. The van der Waals surface area contributed by atoms with Crippen LogP contribution in [0.5, 0.6) is 0 Å². The van der Waals surface area contributed by atoms with Gasteiger partial charge in [-0.25, -0.2) is 4.98 Å². The first-order chi connectivity index (χ1) is 11.0. The van der Waals surface area contributed by atoms with Crippen molar-refractivity contribution >= 4 is 58.3 Å². The van der Waals surface area contributed by atoms with E-state index in [1.807, 2.05) is 6.26 Å². The van der Waals surface area contributed by atoms with Crippen LogP contribution in [0.25, 0.3) is 0 Å². The number of anilines is 2. The zero-order chi connectivity index (χ0) is 16.8. The van der Waals surface area contributed by atoms with Gasteiger partial charge in [0.25, 0.3) is 5.91 Å². The number of carbonyl (C=O) groups is 2. The van der Waals surface area contributed by atoms with Gasteiger partial charge >= 0.3 is 0 Å². The van der Waals surface area contributed by atoms with Gasteiger partial charge in [0.05, 0.1) is 21.4 Å². The third-order valence-corrected chi connectivity index (χ3v) is 3.93. The Bertz CT molecular complexity index is 720. The van der Waals surface area contributed by atoms with Crippen molar-refractivity contribution in [1.29, 1.82) is 0 Å². The fraction of sp³-hybridized carbons (Fsp3) is 0.133. The van der Waals surface area contributed by atoms with E-state index < -0.39 is 5.91 Å². The molecule has 0 fully saturated rings. The van der Waals surface area contributed by atoms with E-state index in [9.17, 15) is 9.59 Å². The van der Waals surface area contributed by atoms with Crippen LogP contribution < -0.4 is 10.6 Å². The van der Waals surface area contributed by atoms with Gasteiger partial charge in [-0.3, -0.25) is 9.59 Å². The van der Waals surface area contributed by atoms with E-state index in [2.05, 4.69) is 15.6 Å². The predicted octanol–water partition coefficient (Wildman–Crippen LogP) is 3.94. The largest absolute Gasteiger partial charge is 0.322 e. The van der Waals surface area contributed by atoms with Crippen LogP contribution in [0.2, 0.25) is 10.0 Å². The lowest BCUT2D eigenvalue weighted by Crippen LogP contribution is -2.16. The summed E-state index contributed by atoms with van der Waals surface area (Å²) >= 11 is 13.4. The van der Waals surface area contributed by atoms with Crippen molar-refractivity contribution < 1.29 is 9.59 Å². The summed E-state index contributed by atoms with van der Waals surface area (Å²) in [5, 5.41) is 5.85. The van der Waals surface area contributed by atoms with E-state index in [0.717, 1.165) is 0 Å². The third kappa shape index (κ3) is 4.86.